The number of nitrogens with one attached hydrogen (secondary N) is 1. The zero-order valence-electron chi connectivity index (χ0n) is 13.2. The molecule has 0 saturated carbocycles. The summed E-state index contributed by atoms with van der Waals surface area (Å²) in [7, 11) is 1.66. The van der Waals surface area contributed by atoms with Crippen molar-refractivity contribution < 1.29 is 14.2 Å². The lowest BCUT2D eigenvalue weighted by atomic mass is 10.2. The molecule has 1 N–H and O–H groups in total. The van der Waals surface area contributed by atoms with Gasteiger partial charge < -0.3 is 19.5 Å². The summed E-state index contributed by atoms with van der Waals surface area (Å²) in [5, 5.41) is 3.44. The van der Waals surface area contributed by atoms with E-state index in [1.807, 2.05) is 12.1 Å². The molecule has 0 unspecified atom stereocenters. The van der Waals surface area contributed by atoms with Crippen LogP contribution in [0.2, 0.25) is 0 Å². The molecule has 0 atom stereocenters. The number of benzene rings is 1. The van der Waals surface area contributed by atoms with Crippen LogP contribution in [0.25, 0.3) is 0 Å². The molecular formula is C16H26BrNO3. The Hall–Kier alpha value is -0.620. The molecule has 1 rings (SSSR count). The number of hydrogen-bond acceptors (Lipinski definition) is 4. The first-order valence-electron chi connectivity index (χ1n) is 7.32. The largest absolute Gasteiger partial charge is 0.491 e. The fourth-order valence-electron chi connectivity index (χ4n) is 1.78. The number of methoxy groups -OCH3 is 1. The molecular weight excluding hydrogens is 334 g/mol. The topological polar surface area (TPSA) is 39.7 Å². The maximum atomic E-state index is 5.80. The quantitative estimate of drug-likeness (QED) is 0.615. The molecule has 120 valence electrons. The molecule has 0 saturated heterocycles. The van der Waals surface area contributed by atoms with Gasteiger partial charge in [0, 0.05) is 23.7 Å². The summed E-state index contributed by atoms with van der Waals surface area (Å²) < 4.78 is 17.2. The van der Waals surface area contributed by atoms with Crippen LogP contribution >= 0.6 is 15.9 Å². The number of rotatable bonds is 11. The first kappa shape index (κ1) is 18.4. The number of ether oxygens (including phenoxy) is 3. The third-order valence-electron chi connectivity index (χ3n) is 2.81. The van der Waals surface area contributed by atoms with Crippen molar-refractivity contribution in [3.05, 3.63) is 28.2 Å². The minimum atomic E-state index is 0.544. The van der Waals surface area contributed by atoms with Crippen molar-refractivity contribution in [2.75, 3.05) is 40.1 Å². The van der Waals surface area contributed by atoms with E-state index in [0.717, 1.165) is 28.9 Å². The summed E-state index contributed by atoms with van der Waals surface area (Å²) in [6, 6.07) is 6.08. The normalized spacial score (nSPS) is 11.1. The molecule has 5 heteroatoms. The highest BCUT2D eigenvalue weighted by molar-refractivity contribution is 9.10. The van der Waals surface area contributed by atoms with Gasteiger partial charge in [0.05, 0.1) is 19.8 Å². The Morgan fingerprint density at radius 3 is 2.62 bits per heavy atom. The van der Waals surface area contributed by atoms with Gasteiger partial charge in [-0.05, 0) is 30.7 Å². The SMILES string of the molecule is COCCOCCOc1ccc(Br)cc1CNCC(C)C. The van der Waals surface area contributed by atoms with E-state index in [9.17, 15) is 0 Å². The zero-order valence-corrected chi connectivity index (χ0v) is 14.7. The maximum Gasteiger partial charge on any atom is 0.123 e. The third-order valence-corrected chi connectivity index (χ3v) is 3.30. The molecule has 4 nitrogen and oxygen atoms in total. The van der Waals surface area contributed by atoms with Crippen LogP contribution in [0.4, 0.5) is 0 Å². The van der Waals surface area contributed by atoms with E-state index in [1.165, 1.54) is 0 Å². The zero-order chi connectivity index (χ0) is 15.5. The summed E-state index contributed by atoms with van der Waals surface area (Å²) >= 11 is 3.51. The van der Waals surface area contributed by atoms with Crippen molar-refractivity contribution in [1.29, 1.82) is 0 Å². The average Bonchev–Trinajstić information content (AvgIpc) is 2.44. The molecule has 0 aliphatic rings. The Bertz CT molecular complexity index is 399. The minimum Gasteiger partial charge on any atom is -0.491 e. The van der Waals surface area contributed by atoms with Gasteiger partial charge in [-0.25, -0.2) is 0 Å². The van der Waals surface area contributed by atoms with Crippen LogP contribution in [-0.4, -0.2) is 40.1 Å². The van der Waals surface area contributed by atoms with Gasteiger partial charge in [-0.2, -0.15) is 0 Å². The summed E-state index contributed by atoms with van der Waals surface area (Å²) in [4.78, 5) is 0. The maximum absolute atomic E-state index is 5.80. The standard InChI is InChI=1S/C16H26BrNO3/c1-13(2)11-18-12-14-10-15(17)4-5-16(14)21-9-8-20-7-6-19-3/h4-5,10,13,18H,6-9,11-12H2,1-3H3. The van der Waals surface area contributed by atoms with Crippen molar-refractivity contribution in [2.24, 2.45) is 5.92 Å². The summed E-state index contributed by atoms with van der Waals surface area (Å²) in [5.41, 5.74) is 1.15. The van der Waals surface area contributed by atoms with E-state index in [2.05, 4.69) is 41.2 Å². The van der Waals surface area contributed by atoms with Crippen molar-refractivity contribution in [1.82, 2.24) is 5.32 Å². The van der Waals surface area contributed by atoms with Gasteiger partial charge >= 0.3 is 0 Å². The molecule has 1 aromatic rings. The molecule has 0 aliphatic carbocycles. The molecule has 0 amide bonds. The number of hydrogen-bond donors (Lipinski definition) is 1. The fourth-order valence-corrected chi connectivity index (χ4v) is 2.19. The van der Waals surface area contributed by atoms with E-state index in [4.69, 9.17) is 14.2 Å². The molecule has 0 heterocycles. The number of halogens is 1. The smallest absolute Gasteiger partial charge is 0.123 e. The second kappa shape index (κ2) is 11.0. The molecule has 0 fully saturated rings. The van der Waals surface area contributed by atoms with Gasteiger partial charge in [0.2, 0.25) is 0 Å². The minimum absolute atomic E-state index is 0.544. The second-order valence-corrected chi connectivity index (χ2v) is 6.15. The van der Waals surface area contributed by atoms with Crippen LogP contribution in [0.1, 0.15) is 19.4 Å². The lowest BCUT2D eigenvalue weighted by Crippen LogP contribution is -2.19. The van der Waals surface area contributed by atoms with Gasteiger partial charge in [0.1, 0.15) is 12.4 Å². The van der Waals surface area contributed by atoms with E-state index in [1.54, 1.807) is 7.11 Å². The van der Waals surface area contributed by atoms with Crippen molar-refractivity contribution in [3.63, 3.8) is 0 Å². The Morgan fingerprint density at radius 1 is 1.14 bits per heavy atom. The Labute approximate surface area is 136 Å². The molecule has 0 aliphatic heterocycles. The molecule has 0 spiro atoms. The van der Waals surface area contributed by atoms with E-state index >= 15 is 0 Å². The first-order valence-corrected chi connectivity index (χ1v) is 8.11. The Balaban J connectivity index is 2.40. The van der Waals surface area contributed by atoms with E-state index in [-0.39, 0.29) is 0 Å². The second-order valence-electron chi connectivity index (χ2n) is 5.23. The Kier molecular flexibility index (Phi) is 9.67. The van der Waals surface area contributed by atoms with Crippen molar-refractivity contribution in [3.8, 4) is 5.75 Å². The third kappa shape index (κ3) is 8.41. The highest BCUT2D eigenvalue weighted by Crippen LogP contribution is 2.23. The van der Waals surface area contributed by atoms with Crippen LogP contribution in [0.15, 0.2) is 22.7 Å². The molecule has 0 radical (unpaired) electrons. The van der Waals surface area contributed by atoms with Crippen molar-refractivity contribution in [2.45, 2.75) is 20.4 Å². The molecule has 21 heavy (non-hydrogen) atoms. The lowest BCUT2D eigenvalue weighted by Gasteiger charge is -2.14. The predicted octanol–water partition coefficient (Wildman–Crippen LogP) is 3.24. The summed E-state index contributed by atoms with van der Waals surface area (Å²) in [6.45, 7) is 8.52. The van der Waals surface area contributed by atoms with Crippen LogP contribution in [0.5, 0.6) is 5.75 Å². The summed E-state index contributed by atoms with van der Waals surface area (Å²) in [6.07, 6.45) is 0. The van der Waals surface area contributed by atoms with Gasteiger partial charge in [-0.1, -0.05) is 29.8 Å². The van der Waals surface area contributed by atoms with E-state index < -0.39 is 0 Å². The molecule has 0 bridgehead atoms. The van der Waals surface area contributed by atoms with Crippen molar-refractivity contribution >= 4 is 15.9 Å². The van der Waals surface area contributed by atoms with Crippen LogP contribution < -0.4 is 10.1 Å². The van der Waals surface area contributed by atoms with E-state index in [0.29, 0.717) is 32.3 Å². The highest BCUT2D eigenvalue weighted by atomic mass is 79.9. The first-order chi connectivity index (χ1) is 10.1. The predicted molar refractivity (Wildman–Crippen MR) is 88.9 cm³/mol. The monoisotopic (exact) mass is 359 g/mol. The summed E-state index contributed by atoms with van der Waals surface area (Å²) in [5.74, 6) is 1.54. The van der Waals surface area contributed by atoms with Gasteiger partial charge in [0.25, 0.3) is 0 Å². The lowest BCUT2D eigenvalue weighted by molar-refractivity contribution is 0.0542. The van der Waals surface area contributed by atoms with Gasteiger partial charge in [0.15, 0.2) is 0 Å². The van der Waals surface area contributed by atoms with Gasteiger partial charge in [-0.3, -0.25) is 0 Å². The van der Waals surface area contributed by atoms with Crippen LogP contribution in [0, 0.1) is 5.92 Å². The Morgan fingerprint density at radius 2 is 1.90 bits per heavy atom. The van der Waals surface area contributed by atoms with Crippen LogP contribution in [-0.2, 0) is 16.0 Å². The molecule has 1 aromatic carbocycles. The van der Waals surface area contributed by atoms with Gasteiger partial charge in [-0.15, -0.1) is 0 Å². The molecule has 0 aromatic heterocycles. The van der Waals surface area contributed by atoms with Crippen LogP contribution in [0.3, 0.4) is 0 Å². The highest BCUT2D eigenvalue weighted by Gasteiger charge is 2.05. The average molecular weight is 360 g/mol. The fraction of sp³-hybridized carbons (Fsp3) is 0.625.